The van der Waals surface area contributed by atoms with E-state index >= 15 is 0 Å². The monoisotopic (exact) mass is 497 g/mol. The molecule has 0 saturated carbocycles. The number of para-hydroxylation sites is 1. The zero-order chi connectivity index (χ0) is 24.8. The number of thioether (sulfide) groups is 1. The van der Waals surface area contributed by atoms with Gasteiger partial charge in [0.15, 0.2) is 16.7 Å². The SMILES string of the molecule is CC[C@H](Sc1nc2ccccc2c(=O)n1CCc1ccc(OC)c(OC)c1)C(=O)N1CCOCC1. The summed E-state index contributed by atoms with van der Waals surface area (Å²) in [6, 6.07) is 13.1. The maximum absolute atomic E-state index is 13.5. The number of ether oxygens (including phenoxy) is 3. The van der Waals surface area contributed by atoms with Gasteiger partial charge in [0.1, 0.15) is 0 Å². The van der Waals surface area contributed by atoms with E-state index < -0.39 is 0 Å². The van der Waals surface area contributed by atoms with Crippen molar-refractivity contribution in [3.63, 3.8) is 0 Å². The van der Waals surface area contributed by atoms with Crippen molar-refractivity contribution < 1.29 is 19.0 Å². The number of aromatic nitrogens is 2. The third-order valence-electron chi connectivity index (χ3n) is 6.12. The van der Waals surface area contributed by atoms with E-state index in [2.05, 4.69) is 0 Å². The van der Waals surface area contributed by atoms with E-state index in [0.717, 1.165) is 5.56 Å². The number of rotatable bonds is 9. The molecule has 2 heterocycles. The second kappa shape index (κ2) is 11.6. The van der Waals surface area contributed by atoms with Crippen LogP contribution in [0, 0.1) is 0 Å². The van der Waals surface area contributed by atoms with E-state index in [4.69, 9.17) is 19.2 Å². The van der Waals surface area contributed by atoms with E-state index in [9.17, 15) is 9.59 Å². The molecule has 0 unspecified atom stereocenters. The average molecular weight is 498 g/mol. The summed E-state index contributed by atoms with van der Waals surface area (Å²) < 4.78 is 17.8. The minimum Gasteiger partial charge on any atom is -0.493 e. The predicted octanol–water partition coefficient (Wildman–Crippen LogP) is 3.39. The van der Waals surface area contributed by atoms with Crippen molar-refractivity contribution in [3.05, 3.63) is 58.4 Å². The smallest absolute Gasteiger partial charge is 0.262 e. The number of fused-ring (bicyclic) bond motifs is 1. The highest BCUT2D eigenvalue weighted by molar-refractivity contribution is 8.00. The second-order valence-corrected chi connectivity index (χ2v) is 9.43. The zero-order valence-electron chi connectivity index (χ0n) is 20.4. The Morgan fingerprint density at radius 2 is 1.86 bits per heavy atom. The summed E-state index contributed by atoms with van der Waals surface area (Å²) in [6.07, 6.45) is 1.24. The molecule has 1 aromatic heterocycles. The van der Waals surface area contributed by atoms with Gasteiger partial charge in [-0.3, -0.25) is 14.2 Å². The predicted molar refractivity (Wildman–Crippen MR) is 137 cm³/mol. The van der Waals surface area contributed by atoms with E-state index in [1.54, 1.807) is 24.9 Å². The Kier molecular flexibility index (Phi) is 8.30. The van der Waals surface area contributed by atoms with Gasteiger partial charge >= 0.3 is 0 Å². The molecular weight excluding hydrogens is 466 g/mol. The van der Waals surface area contributed by atoms with Gasteiger partial charge in [-0.2, -0.15) is 0 Å². The van der Waals surface area contributed by atoms with Crippen molar-refractivity contribution in [1.82, 2.24) is 14.5 Å². The molecule has 2 aromatic carbocycles. The molecule has 3 aromatic rings. The Labute approximate surface area is 209 Å². The summed E-state index contributed by atoms with van der Waals surface area (Å²) in [4.78, 5) is 33.4. The Balaban J connectivity index is 1.65. The largest absolute Gasteiger partial charge is 0.493 e. The standard InChI is InChI=1S/C26H31N3O5S/c1-4-23(25(31)28-13-15-34-16-14-28)35-26-27-20-8-6-5-7-19(20)24(30)29(26)12-11-18-9-10-21(32-2)22(17-18)33-3/h5-10,17,23H,4,11-16H2,1-3H3/t23-/m0/s1. The lowest BCUT2D eigenvalue weighted by Crippen LogP contribution is -2.44. The molecule has 1 saturated heterocycles. The van der Waals surface area contributed by atoms with Gasteiger partial charge in [-0.05, 0) is 42.7 Å². The first kappa shape index (κ1) is 25.1. The van der Waals surface area contributed by atoms with Crippen LogP contribution in [-0.2, 0) is 22.5 Å². The lowest BCUT2D eigenvalue weighted by Gasteiger charge is -2.30. The molecule has 9 heteroatoms. The van der Waals surface area contributed by atoms with Crippen LogP contribution in [0.3, 0.4) is 0 Å². The minimum atomic E-state index is -0.325. The Hall–Kier alpha value is -3.04. The first-order valence-corrected chi connectivity index (χ1v) is 12.7. The van der Waals surface area contributed by atoms with Crippen LogP contribution in [0.2, 0.25) is 0 Å². The summed E-state index contributed by atoms with van der Waals surface area (Å²) in [7, 11) is 3.20. The quantitative estimate of drug-likeness (QED) is 0.331. The molecule has 1 aliphatic heterocycles. The van der Waals surface area contributed by atoms with Gasteiger partial charge in [-0.25, -0.2) is 4.98 Å². The van der Waals surface area contributed by atoms with Crippen LogP contribution in [0.5, 0.6) is 11.5 Å². The minimum absolute atomic E-state index is 0.0645. The molecule has 1 amide bonds. The van der Waals surface area contributed by atoms with Crippen LogP contribution < -0.4 is 15.0 Å². The molecular formula is C26H31N3O5S. The molecule has 0 bridgehead atoms. The maximum Gasteiger partial charge on any atom is 0.262 e. The Morgan fingerprint density at radius 1 is 1.11 bits per heavy atom. The van der Waals surface area contributed by atoms with Crippen molar-refractivity contribution >= 4 is 28.6 Å². The summed E-state index contributed by atoms with van der Waals surface area (Å²) in [5.41, 5.74) is 1.54. The highest BCUT2D eigenvalue weighted by Crippen LogP contribution is 2.29. The third-order valence-corrected chi connectivity index (χ3v) is 7.46. The molecule has 4 rings (SSSR count). The van der Waals surface area contributed by atoms with Crippen molar-refractivity contribution in [2.75, 3.05) is 40.5 Å². The molecule has 1 aliphatic rings. The first-order chi connectivity index (χ1) is 17.0. The van der Waals surface area contributed by atoms with Gasteiger partial charge in [-0.1, -0.05) is 36.9 Å². The topological polar surface area (TPSA) is 82.9 Å². The Morgan fingerprint density at radius 3 is 2.57 bits per heavy atom. The van der Waals surface area contributed by atoms with Gasteiger partial charge in [0.2, 0.25) is 5.91 Å². The lowest BCUT2D eigenvalue weighted by atomic mass is 10.1. The lowest BCUT2D eigenvalue weighted by molar-refractivity contribution is -0.134. The number of aryl methyl sites for hydroxylation is 1. The van der Waals surface area contributed by atoms with E-state index in [0.29, 0.717) is 73.2 Å². The van der Waals surface area contributed by atoms with Crippen LogP contribution >= 0.6 is 11.8 Å². The van der Waals surface area contributed by atoms with E-state index in [1.807, 2.05) is 48.2 Å². The number of amides is 1. The molecule has 8 nitrogen and oxygen atoms in total. The van der Waals surface area contributed by atoms with Crippen LogP contribution in [0.15, 0.2) is 52.4 Å². The third kappa shape index (κ3) is 5.62. The molecule has 0 radical (unpaired) electrons. The number of carbonyl (C=O) groups excluding carboxylic acids is 1. The zero-order valence-corrected chi connectivity index (χ0v) is 21.2. The van der Waals surface area contributed by atoms with Crippen molar-refractivity contribution in [2.45, 2.75) is 36.7 Å². The number of methoxy groups -OCH3 is 2. The molecule has 0 spiro atoms. The van der Waals surface area contributed by atoms with Crippen molar-refractivity contribution in [3.8, 4) is 11.5 Å². The number of carbonyl (C=O) groups is 1. The fourth-order valence-corrected chi connectivity index (χ4v) is 5.26. The second-order valence-electron chi connectivity index (χ2n) is 8.26. The highest BCUT2D eigenvalue weighted by Gasteiger charge is 2.27. The molecule has 186 valence electrons. The van der Waals surface area contributed by atoms with Gasteiger partial charge in [0, 0.05) is 19.6 Å². The summed E-state index contributed by atoms with van der Waals surface area (Å²) in [5, 5.41) is 0.799. The molecule has 1 fully saturated rings. The van der Waals surface area contributed by atoms with Crippen LogP contribution in [0.25, 0.3) is 10.9 Å². The Bertz CT molecular complexity index is 1240. The van der Waals surface area contributed by atoms with Crippen LogP contribution in [0.1, 0.15) is 18.9 Å². The van der Waals surface area contributed by atoms with Gasteiger partial charge < -0.3 is 19.1 Å². The number of hydrogen-bond acceptors (Lipinski definition) is 7. The van der Waals surface area contributed by atoms with Crippen molar-refractivity contribution in [1.29, 1.82) is 0 Å². The van der Waals surface area contributed by atoms with Gasteiger partial charge in [-0.15, -0.1) is 0 Å². The normalized spacial score (nSPS) is 14.7. The molecule has 1 atom stereocenters. The summed E-state index contributed by atoms with van der Waals surface area (Å²) in [5.74, 6) is 1.37. The van der Waals surface area contributed by atoms with Crippen LogP contribution in [0.4, 0.5) is 0 Å². The number of morpholine rings is 1. The molecule has 0 aliphatic carbocycles. The van der Waals surface area contributed by atoms with E-state index in [-0.39, 0.29) is 16.7 Å². The number of hydrogen-bond donors (Lipinski definition) is 0. The van der Waals surface area contributed by atoms with Gasteiger partial charge in [0.05, 0.1) is 43.6 Å². The molecule has 0 N–H and O–H groups in total. The maximum atomic E-state index is 13.5. The summed E-state index contributed by atoms with van der Waals surface area (Å²) >= 11 is 1.37. The first-order valence-electron chi connectivity index (χ1n) is 11.8. The summed E-state index contributed by atoms with van der Waals surface area (Å²) in [6.45, 7) is 4.70. The van der Waals surface area contributed by atoms with Gasteiger partial charge in [0.25, 0.3) is 5.56 Å². The number of nitrogens with zero attached hydrogens (tertiary/aromatic N) is 3. The fraction of sp³-hybridized carbons (Fsp3) is 0.423. The van der Waals surface area contributed by atoms with Crippen LogP contribution in [-0.4, -0.2) is 66.1 Å². The highest BCUT2D eigenvalue weighted by atomic mass is 32.2. The fourth-order valence-electron chi connectivity index (χ4n) is 4.13. The van der Waals surface area contributed by atoms with Crippen molar-refractivity contribution in [2.24, 2.45) is 0 Å². The molecule has 35 heavy (non-hydrogen) atoms. The average Bonchev–Trinajstić information content (AvgIpc) is 2.91. The van der Waals surface area contributed by atoms with E-state index in [1.165, 1.54) is 11.8 Å². The number of benzene rings is 2.